The van der Waals surface area contributed by atoms with Crippen molar-refractivity contribution in [3.05, 3.63) is 34.7 Å². The van der Waals surface area contributed by atoms with Crippen molar-refractivity contribution >= 4 is 28.5 Å². The Balaban J connectivity index is 2.03. The van der Waals surface area contributed by atoms with Crippen LogP contribution in [0.25, 0.3) is 11.0 Å². The van der Waals surface area contributed by atoms with Gasteiger partial charge in [-0.1, -0.05) is 0 Å². The minimum Gasteiger partial charge on any atom is -0.467 e. The quantitative estimate of drug-likeness (QED) is 0.401. The van der Waals surface area contributed by atoms with Gasteiger partial charge < -0.3 is 29.1 Å². The number of fused-ring (bicyclic) bond motifs is 1. The molecule has 146 valence electrons. The van der Waals surface area contributed by atoms with Crippen LogP contribution in [0.15, 0.2) is 33.5 Å². The molecule has 0 saturated carbocycles. The van der Waals surface area contributed by atoms with E-state index in [2.05, 4.69) is 5.32 Å². The Hall–Kier alpha value is -2.91. The Bertz CT molecular complexity index is 873. The monoisotopic (exact) mass is 379 g/mol. The first kappa shape index (κ1) is 20.4. The molecule has 0 aliphatic heterocycles. The molecule has 0 saturated heterocycles. The second-order valence-corrected chi connectivity index (χ2v) is 5.84. The number of anilines is 1. The van der Waals surface area contributed by atoms with E-state index in [1.807, 2.05) is 0 Å². The van der Waals surface area contributed by atoms with Gasteiger partial charge in [0, 0.05) is 25.3 Å². The lowest BCUT2D eigenvalue weighted by Gasteiger charge is -2.20. The van der Waals surface area contributed by atoms with Crippen LogP contribution in [0.2, 0.25) is 0 Å². The molecule has 0 aliphatic rings. The van der Waals surface area contributed by atoms with E-state index in [9.17, 15) is 19.5 Å². The van der Waals surface area contributed by atoms with Gasteiger partial charge in [-0.3, -0.25) is 9.59 Å². The molecule has 9 nitrogen and oxygen atoms in total. The normalized spacial score (nSPS) is 13.0. The van der Waals surface area contributed by atoms with E-state index in [1.165, 1.54) is 32.9 Å². The third-order valence-corrected chi connectivity index (χ3v) is 3.51. The molecule has 9 heteroatoms. The average molecular weight is 379 g/mol. The molecule has 0 radical (unpaired) electrons. The summed E-state index contributed by atoms with van der Waals surface area (Å²) in [5, 5.41) is 12.6. The highest BCUT2D eigenvalue weighted by atomic mass is 16.7. The van der Waals surface area contributed by atoms with Gasteiger partial charge in [0.25, 0.3) is 0 Å². The number of carbonyl (C=O) groups is 2. The third kappa shape index (κ3) is 6.08. The minimum atomic E-state index is -0.866. The molecule has 0 unspecified atom stereocenters. The topological polar surface area (TPSA) is 124 Å². The zero-order valence-corrected chi connectivity index (χ0v) is 15.2. The second kappa shape index (κ2) is 9.15. The summed E-state index contributed by atoms with van der Waals surface area (Å²) in [4.78, 5) is 33.8. The van der Waals surface area contributed by atoms with E-state index >= 15 is 0 Å². The highest BCUT2D eigenvalue weighted by Crippen LogP contribution is 2.22. The summed E-state index contributed by atoms with van der Waals surface area (Å²) >= 11 is 0. The summed E-state index contributed by atoms with van der Waals surface area (Å²) in [6, 6.07) is 6.29. The fourth-order valence-electron chi connectivity index (χ4n) is 2.17. The lowest BCUT2D eigenvalue weighted by Crippen LogP contribution is -2.33. The molecule has 0 bridgehead atoms. The zero-order chi connectivity index (χ0) is 20.0. The van der Waals surface area contributed by atoms with E-state index in [4.69, 9.17) is 18.6 Å². The van der Waals surface area contributed by atoms with Crippen LogP contribution in [0.3, 0.4) is 0 Å². The second-order valence-electron chi connectivity index (χ2n) is 5.84. The Morgan fingerprint density at radius 2 is 2.00 bits per heavy atom. The Morgan fingerprint density at radius 3 is 2.63 bits per heavy atom. The van der Waals surface area contributed by atoms with E-state index < -0.39 is 23.8 Å². The van der Waals surface area contributed by atoms with Crippen molar-refractivity contribution in [2.45, 2.75) is 33.0 Å². The van der Waals surface area contributed by atoms with Crippen LogP contribution < -0.4 is 15.7 Å². The predicted molar refractivity (Wildman–Crippen MR) is 95.5 cm³/mol. The largest absolute Gasteiger partial charge is 0.467 e. The molecule has 1 heterocycles. The Labute approximate surface area is 154 Å². The first-order valence-corrected chi connectivity index (χ1v) is 8.17. The summed E-state index contributed by atoms with van der Waals surface area (Å²) in [5.74, 6) is -0.483. The van der Waals surface area contributed by atoms with Crippen molar-refractivity contribution in [1.82, 2.24) is 0 Å². The number of benzene rings is 1. The Morgan fingerprint density at radius 1 is 1.26 bits per heavy atom. The van der Waals surface area contributed by atoms with Crippen LogP contribution in [0.5, 0.6) is 5.75 Å². The van der Waals surface area contributed by atoms with Gasteiger partial charge in [-0.15, -0.1) is 0 Å². The summed E-state index contributed by atoms with van der Waals surface area (Å²) in [5.41, 5.74) is -0.350. The maximum atomic E-state index is 11.9. The van der Waals surface area contributed by atoms with Gasteiger partial charge in [0.1, 0.15) is 29.7 Å². The van der Waals surface area contributed by atoms with Crippen LogP contribution in [-0.4, -0.2) is 42.6 Å². The van der Waals surface area contributed by atoms with Crippen LogP contribution >= 0.6 is 0 Å². The highest BCUT2D eigenvalue weighted by molar-refractivity contribution is 5.91. The molecule has 0 fully saturated rings. The Kier molecular flexibility index (Phi) is 6.91. The molecule has 2 rings (SSSR count). The zero-order valence-electron chi connectivity index (χ0n) is 15.2. The van der Waals surface area contributed by atoms with Crippen LogP contribution in [0, 0.1) is 0 Å². The van der Waals surface area contributed by atoms with E-state index in [1.54, 1.807) is 12.1 Å². The van der Waals surface area contributed by atoms with Gasteiger partial charge in [-0.25, -0.2) is 4.79 Å². The SMILES string of the molecule is CC(=O)Nc1cc2ccc(OCO[C@H](COC(C)=O)[C@@H](C)O)cc2oc1=O. The number of hydrogen-bond donors (Lipinski definition) is 2. The number of amides is 1. The highest BCUT2D eigenvalue weighted by Gasteiger charge is 2.17. The van der Waals surface area contributed by atoms with Gasteiger partial charge >= 0.3 is 11.6 Å². The van der Waals surface area contributed by atoms with Crippen molar-refractivity contribution in [1.29, 1.82) is 0 Å². The number of hydrogen-bond acceptors (Lipinski definition) is 8. The number of carbonyl (C=O) groups excluding carboxylic acids is 2. The number of esters is 1. The van der Waals surface area contributed by atoms with Crippen molar-refractivity contribution in [2.24, 2.45) is 0 Å². The predicted octanol–water partition coefficient (Wildman–Crippen LogP) is 1.42. The van der Waals surface area contributed by atoms with E-state index in [0.717, 1.165) is 0 Å². The lowest BCUT2D eigenvalue weighted by molar-refractivity contribution is -0.153. The molecule has 1 amide bonds. The fourth-order valence-corrected chi connectivity index (χ4v) is 2.17. The summed E-state index contributed by atoms with van der Waals surface area (Å²) < 4.78 is 20.8. The molecule has 27 heavy (non-hydrogen) atoms. The summed E-state index contributed by atoms with van der Waals surface area (Å²) in [6.45, 7) is 3.75. The molecule has 2 N–H and O–H groups in total. The van der Waals surface area contributed by atoms with Crippen LogP contribution in [0.4, 0.5) is 5.69 Å². The molecular formula is C18H21NO8. The van der Waals surface area contributed by atoms with Gasteiger partial charge in [-0.2, -0.15) is 0 Å². The van der Waals surface area contributed by atoms with Crippen molar-refractivity contribution in [2.75, 3.05) is 18.7 Å². The van der Waals surface area contributed by atoms with Crippen molar-refractivity contribution in [3.8, 4) is 5.75 Å². The fraction of sp³-hybridized carbons (Fsp3) is 0.389. The van der Waals surface area contributed by atoms with Gasteiger partial charge in [0.15, 0.2) is 6.79 Å². The molecule has 1 aromatic heterocycles. The number of nitrogens with one attached hydrogen (secondary N) is 1. The van der Waals surface area contributed by atoms with Gasteiger partial charge in [-0.05, 0) is 25.1 Å². The summed E-state index contributed by atoms with van der Waals surface area (Å²) in [7, 11) is 0. The smallest absolute Gasteiger partial charge is 0.360 e. The van der Waals surface area contributed by atoms with Crippen LogP contribution in [-0.2, 0) is 19.1 Å². The molecule has 2 atom stereocenters. The molecular weight excluding hydrogens is 358 g/mol. The number of aliphatic hydroxyl groups excluding tert-OH is 1. The van der Waals surface area contributed by atoms with Crippen molar-refractivity contribution < 1.29 is 33.3 Å². The van der Waals surface area contributed by atoms with Crippen LogP contribution in [0.1, 0.15) is 20.8 Å². The lowest BCUT2D eigenvalue weighted by atomic mass is 10.2. The van der Waals surface area contributed by atoms with Gasteiger partial charge in [0.2, 0.25) is 5.91 Å². The van der Waals surface area contributed by atoms with Crippen molar-refractivity contribution in [3.63, 3.8) is 0 Å². The average Bonchev–Trinajstić information content (AvgIpc) is 2.57. The first-order chi connectivity index (χ1) is 12.8. The van der Waals surface area contributed by atoms with E-state index in [-0.39, 0.29) is 30.6 Å². The van der Waals surface area contributed by atoms with E-state index in [0.29, 0.717) is 11.1 Å². The standard InChI is InChI=1S/C18H21NO8/c1-10(20)17(8-24-12(3)22)26-9-25-14-5-4-13-6-15(19-11(2)21)18(23)27-16(13)7-14/h4-7,10,17,20H,8-9H2,1-3H3,(H,19,21)/t10-,17-/m1/s1. The first-order valence-electron chi connectivity index (χ1n) is 8.17. The number of ether oxygens (including phenoxy) is 3. The number of aliphatic hydroxyl groups is 1. The maximum absolute atomic E-state index is 11.9. The molecule has 0 aliphatic carbocycles. The van der Waals surface area contributed by atoms with Gasteiger partial charge in [0.05, 0.1) is 6.10 Å². The molecule has 0 spiro atoms. The maximum Gasteiger partial charge on any atom is 0.360 e. The molecule has 1 aromatic carbocycles. The summed E-state index contributed by atoms with van der Waals surface area (Å²) in [6.07, 6.45) is -1.61. The third-order valence-electron chi connectivity index (χ3n) is 3.51. The minimum absolute atomic E-state index is 0.0530. The molecule has 2 aromatic rings. The number of rotatable bonds is 8.